The molecule has 0 aliphatic rings. The average Bonchev–Trinajstić information content (AvgIpc) is 2.73. The fourth-order valence-corrected chi connectivity index (χ4v) is 4.36. The fraction of sp³-hybridized carbons (Fsp3) is 0.0833. The molecule has 6 nitrogen and oxygen atoms in total. The summed E-state index contributed by atoms with van der Waals surface area (Å²) in [6, 6.07) is 20.3. The number of anilines is 1. The number of hydrogen-bond donors (Lipinski definition) is 2. The van der Waals surface area contributed by atoms with E-state index >= 15 is 0 Å². The van der Waals surface area contributed by atoms with Gasteiger partial charge in [0.15, 0.2) is 0 Å². The minimum atomic E-state index is -3.70. The molecule has 0 aliphatic carbocycles. The molecular formula is C24H20N2O4S. The monoisotopic (exact) mass is 432 g/mol. The molecule has 4 aromatic rings. The molecule has 1 heterocycles. The van der Waals surface area contributed by atoms with E-state index in [4.69, 9.17) is 0 Å². The van der Waals surface area contributed by atoms with E-state index in [9.17, 15) is 18.3 Å². The fourth-order valence-electron chi connectivity index (χ4n) is 3.30. The number of rotatable bonds is 5. The van der Waals surface area contributed by atoms with Gasteiger partial charge in [-0.2, -0.15) is 0 Å². The minimum absolute atomic E-state index is 0.174. The van der Waals surface area contributed by atoms with Crippen LogP contribution < -0.4 is 4.72 Å². The van der Waals surface area contributed by atoms with Crippen LogP contribution in [0.4, 0.5) is 5.69 Å². The maximum absolute atomic E-state index is 12.6. The zero-order valence-corrected chi connectivity index (χ0v) is 17.8. The van der Waals surface area contributed by atoms with Gasteiger partial charge in [0, 0.05) is 16.6 Å². The molecule has 0 bridgehead atoms. The Labute approximate surface area is 180 Å². The number of sulfonamides is 1. The predicted molar refractivity (Wildman–Crippen MR) is 121 cm³/mol. The number of benzene rings is 3. The smallest absolute Gasteiger partial charge is 0.336 e. The van der Waals surface area contributed by atoms with Crippen LogP contribution in [0.2, 0.25) is 0 Å². The maximum Gasteiger partial charge on any atom is 0.336 e. The molecule has 0 unspecified atom stereocenters. The van der Waals surface area contributed by atoms with Crippen molar-refractivity contribution in [3.8, 4) is 11.3 Å². The number of hydrogen-bond acceptors (Lipinski definition) is 4. The summed E-state index contributed by atoms with van der Waals surface area (Å²) in [6.07, 6.45) is 0. The van der Waals surface area contributed by atoms with Crippen molar-refractivity contribution in [2.75, 3.05) is 4.72 Å². The van der Waals surface area contributed by atoms with E-state index in [2.05, 4.69) is 9.71 Å². The Morgan fingerprint density at radius 2 is 1.52 bits per heavy atom. The Kier molecular flexibility index (Phi) is 5.20. The third-order valence-corrected chi connectivity index (χ3v) is 6.36. The second-order valence-electron chi connectivity index (χ2n) is 7.38. The van der Waals surface area contributed by atoms with Gasteiger partial charge in [-0.1, -0.05) is 41.5 Å². The van der Waals surface area contributed by atoms with Crippen molar-refractivity contribution in [3.63, 3.8) is 0 Å². The summed E-state index contributed by atoms with van der Waals surface area (Å²) >= 11 is 0. The van der Waals surface area contributed by atoms with Crippen molar-refractivity contribution in [2.45, 2.75) is 18.7 Å². The van der Waals surface area contributed by atoms with E-state index in [-0.39, 0.29) is 10.5 Å². The maximum atomic E-state index is 12.6. The predicted octanol–water partition coefficient (Wildman–Crippen LogP) is 5.02. The lowest BCUT2D eigenvalue weighted by atomic mass is 10.0. The van der Waals surface area contributed by atoms with Gasteiger partial charge in [0.2, 0.25) is 0 Å². The van der Waals surface area contributed by atoms with Gasteiger partial charge in [-0.05, 0) is 56.3 Å². The number of aryl methyl sites for hydroxylation is 2. The Morgan fingerprint density at radius 1 is 0.871 bits per heavy atom. The molecular weight excluding hydrogens is 412 g/mol. The SMILES string of the molecule is Cc1ccc(S(=O)(=O)Nc2ccc(-c3cc(C(=O)O)c4cc(C)ccc4n3)cc2)cc1. The number of carbonyl (C=O) groups is 1. The van der Waals surface area contributed by atoms with Crippen LogP contribution in [-0.4, -0.2) is 24.5 Å². The molecule has 0 spiro atoms. The lowest BCUT2D eigenvalue weighted by Gasteiger charge is -2.10. The van der Waals surface area contributed by atoms with Crippen molar-refractivity contribution in [1.29, 1.82) is 0 Å². The first-order valence-corrected chi connectivity index (χ1v) is 11.1. The van der Waals surface area contributed by atoms with E-state index in [1.165, 1.54) is 6.07 Å². The van der Waals surface area contributed by atoms with Crippen molar-refractivity contribution in [2.24, 2.45) is 0 Å². The highest BCUT2D eigenvalue weighted by Crippen LogP contribution is 2.27. The van der Waals surface area contributed by atoms with Crippen LogP contribution in [0.1, 0.15) is 21.5 Å². The number of carboxylic acids is 1. The zero-order chi connectivity index (χ0) is 22.2. The average molecular weight is 433 g/mol. The summed E-state index contributed by atoms with van der Waals surface area (Å²) in [4.78, 5) is 16.5. The molecule has 0 aliphatic heterocycles. The first-order valence-electron chi connectivity index (χ1n) is 9.57. The topological polar surface area (TPSA) is 96.4 Å². The third kappa shape index (κ3) is 4.27. The van der Waals surface area contributed by atoms with E-state index in [1.54, 1.807) is 60.7 Å². The van der Waals surface area contributed by atoms with Crippen LogP contribution in [0.3, 0.4) is 0 Å². The summed E-state index contributed by atoms with van der Waals surface area (Å²) in [5, 5.41) is 10.2. The zero-order valence-electron chi connectivity index (χ0n) is 17.0. The molecule has 0 saturated heterocycles. The van der Waals surface area contributed by atoms with Crippen LogP contribution in [0.15, 0.2) is 77.7 Å². The van der Waals surface area contributed by atoms with E-state index in [1.807, 2.05) is 19.9 Å². The van der Waals surface area contributed by atoms with Crippen molar-refractivity contribution in [3.05, 3.63) is 89.5 Å². The quantitative estimate of drug-likeness (QED) is 0.462. The van der Waals surface area contributed by atoms with Gasteiger partial charge in [-0.25, -0.2) is 18.2 Å². The number of pyridine rings is 1. The summed E-state index contributed by atoms with van der Waals surface area (Å²) in [7, 11) is -3.70. The second-order valence-corrected chi connectivity index (χ2v) is 9.06. The van der Waals surface area contributed by atoms with Gasteiger partial charge in [0.1, 0.15) is 0 Å². The summed E-state index contributed by atoms with van der Waals surface area (Å²) < 4.78 is 27.7. The first-order chi connectivity index (χ1) is 14.7. The van der Waals surface area contributed by atoms with Gasteiger partial charge in [0.25, 0.3) is 10.0 Å². The van der Waals surface area contributed by atoms with Crippen LogP contribution in [-0.2, 0) is 10.0 Å². The number of nitrogens with zero attached hydrogens (tertiary/aromatic N) is 1. The number of carboxylic acid groups (broad SMARTS) is 1. The molecule has 0 amide bonds. The van der Waals surface area contributed by atoms with E-state index in [0.29, 0.717) is 27.8 Å². The van der Waals surface area contributed by atoms with Crippen molar-refractivity contribution >= 4 is 32.6 Å². The highest BCUT2D eigenvalue weighted by atomic mass is 32.2. The van der Waals surface area contributed by atoms with Gasteiger partial charge in [-0.15, -0.1) is 0 Å². The first kappa shape index (κ1) is 20.6. The minimum Gasteiger partial charge on any atom is -0.478 e. The molecule has 0 saturated carbocycles. The molecule has 156 valence electrons. The van der Waals surface area contributed by atoms with Crippen LogP contribution in [0, 0.1) is 13.8 Å². The summed E-state index contributed by atoms with van der Waals surface area (Å²) in [5.41, 5.74) is 4.28. The molecule has 1 aromatic heterocycles. The highest BCUT2D eigenvalue weighted by Gasteiger charge is 2.15. The number of nitrogens with one attached hydrogen (secondary N) is 1. The van der Waals surface area contributed by atoms with Crippen LogP contribution in [0.5, 0.6) is 0 Å². The molecule has 0 radical (unpaired) electrons. The van der Waals surface area contributed by atoms with Gasteiger partial charge in [-0.3, -0.25) is 4.72 Å². The third-order valence-electron chi connectivity index (χ3n) is 4.96. The highest BCUT2D eigenvalue weighted by molar-refractivity contribution is 7.92. The van der Waals surface area contributed by atoms with Crippen LogP contribution >= 0.6 is 0 Å². The van der Waals surface area contributed by atoms with E-state index in [0.717, 1.165) is 11.1 Å². The van der Waals surface area contributed by atoms with Gasteiger partial charge < -0.3 is 5.11 Å². The Hall–Kier alpha value is -3.71. The van der Waals surface area contributed by atoms with Gasteiger partial charge in [0.05, 0.1) is 21.7 Å². The second kappa shape index (κ2) is 7.85. The molecule has 2 N–H and O–H groups in total. The van der Waals surface area contributed by atoms with E-state index < -0.39 is 16.0 Å². The molecule has 7 heteroatoms. The van der Waals surface area contributed by atoms with Crippen molar-refractivity contribution < 1.29 is 18.3 Å². The normalized spacial score (nSPS) is 11.4. The van der Waals surface area contributed by atoms with Gasteiger partial charge >= 0.3 is 5.97 Å². The number of aromatic carboxylic acids is 1. The Morgan fingerprint density at radius 3 is 2.16 bits per heavy atom. The Balaban J connectivity index is 1.67. The molecule has 3 aromatic carbocycles. The standard InChI is InChI=1S/C24H20N2O4S/c1-15-3-10-19(11-4-15)31(29,30)26-18-8-6-17(7-9-18)23-14-21(24(27)28)20-13-16(2)5-12-22(20)25-23/h3-14,26H,1-2H3,(H,27,28). The molecule has 31 heavy (non-hydrogen) atoms. The molecule has 0 fully saturated rings. The number of aromatic nitrogens is 1. The van der Waals surface area contributed by atoms with Crippen LogP contribution in [0.25, 0.3) is 22.2 Å². The number of fused-ring (bicyclic) bond motifs is 1. The lowest BCUT2D eigenvalue weighted by Crippen LogP contribution is -2.12. The molecule has 4 rings (SSSR count). The lowest BCUT2D eigenvalue weighted by molar-refractivity contribution is 0.0699. The molecule has 0 atom stereocenters. The summed E-state index contributed by atoms with van der Waals surface area (Å²) in [6.45, 7) is 3.79. The van der Waals surface area contributed by atoms with Crippen molar-refractivity contribution in [1.82, 2.24) is 4.98 Å². The summed E-state index contributed by atoms with van der Waals surface area (Å²) in [5.74, 6) is -1.03. The Bertz CT molecular complexity index is 1390. The largest absolute Gasteiger partial charge is 0.478 e.